The van der Waals surface area contributed by atoms with E-state index in [1.54, 1.807) is 12.1 Å². The van der Waals surface area contributed by atoms with Crippen molar-refractivity contribution in [2.75, 3.05) is 39.4 Å². The van der Waals surface area contributed by atoms with Gasteiger partial charge in [0.15, 0.2) is 0 Å². The second kappa shape index (κ2) is 15.7. The first kappa shape index (κ1) is 33.5. The summed E-state index contributed by atoms with van der Waals surface area (Å²) in [5, 5.41) is 9.79. The molecule has 2 aromatic carbocycles. The Hall–Kier alpha value is -3.41. The van der Waals surface area contributed by atoms with E-state index >= 15 is 0 Å². The summed E-state index contributed by atoms with van der Waals surface area (Å²) < 4.78 is 17.5. The predicted molar refractivity (Wildman–Crippen MR) is 182 cm³/mol. The maximum absolute atomic E-state index is 13.9. The first-order valence-electron chi connectivity index (χ1n) is 17.0. The Morgan fingerprint density at radius 2 is 1.70 bits per heavy atom. The van der Waals surface area contributed by atoms with E-state index in [-0.39, 0.29) is 17.8 Å². The number of ether oxygens (including phenoxy) is 2. The Bertz CT molecular complexity index is 1510. The minimum Gasteiger partial charge on any atom is -0.425 e. The number of fused-ring (bicyclic) bond motifs is 1. The van der Waals surface area contributed by atoms with Crippen molar-refractivity contribution in [3.63, 3.8) is 0 Å². The third-order valence-corrected chi connectivity index (χ3v) is 10.4. The van der Waals surface area contributed by atoms with E-state index < -0.39 is 17.7 Å². The fourth-order valence-electron chi connectivity index (χ4n) is 7.13. The summed E-state index contributed by atoms with van der Waals surface area (Å²) in [6.07, 6.45) is 6.38. The third kappa shape index (κ3) is 8.94. The molecule has 0 bridgehead atoms. The first-order chi connectivity index (χ1) is 22.8. The van der Waals surface area contributed by atoms with E-state index in [1.165, 1.54) is 0 Å². The predicted octanol–water partition coefficient (Wildman–Crippen LogP) is 5.58. The zero-order valence-corrected chi connectivity index (χ0v) is 28.4. The van der Waals surface area contributed by atoms with Crippen molar-refractivity contribution in [2.45, 2.75) is 69.4 Å². The minimum atomic E-state index is -1.18. The molecule has 3 amide bonds. The third-order valence-electron chi connectivity index (χ3n) is 9.92. The fraction of sp³-hybridized carbons (Fsp3) is 0.528. The summed E-state index contributed by atoms with van der Waals surface area (Å²) in [5.41, 5.74) is 0.344. The Morgan fingerprint density at radius 3 is 2.45 bits per heavy atom. The van der Waals surface area contributed by atoms with Crippen LogP contribution in [0.25, 0.3) is 11.0 Å². The molecule has 2 saturated heterocycles. The number of rotatable bonds is 11. The minimum absolute atomic E-state index is 0.0416. The highest BCUT2D eigenvalue weighted by Gasteiger charge is 2.44. The molecule has 3 N–H and O–H groups in total. The van der Waals surface area contributed by atoms with Gasteiger partial charge in [-0.25, -0.2) is 4.79 Å². The Kier molecular flexibility index (Phi) is 11.2. The molecule has 3 aliphatic rings. The molecule has 10 nitrogen and oxygen atoms in total. The van der Waals surface area contributed by atoms with Crippen LogP contribution in [0, 0.1) is 11.8 Å². The van der Waals surface area contributed by atoms with Gasteiger partial charge in [0.05, 0.1) is 0 Å². The van der Waals surface area contributed by atoms with Gasteiger partial charge in [0, 0.05) is 48.6 Å². The Labute approximate surface area is 284 Å². The van der Waals surface area contributed by atoms with Crippen molar-refractivity contribution in [1.82, 2.24) is 20.9 Å². The van der Waals surface area contributed by atoms with Gasteiger partial charge in [0.25, 0.3) is 5.95 Å². The number of nitrogens with zero attached hydrogens (tertiary/aromatic N) is 1. The van der Waals surface area contributed by atoms with Gasteiger partial charge in [0.1, 0.15) is 17.2 Å². The topological polar surface area (TPSA) is 122 Å². The lowest BCUT2D eigenvalue weighted by Crippen LogP contribution is -2.61. The zero-order chi connectivity index (χ0) is 32.6. The maximum Gasteiger partial charge on any atom is 0.415 e. The second-order valence-electron chi connectivity index (χ2n) is 13.3. The van der Waals surface area contributed by atoms with Gasteiger partial charge < -0.3 is 34.7 Å². The first-order valence-corrected chi connectivity index (χ1v) is 17.8. The quantitative estimate of drug-likeness (QED) is 0.238. The molecule has 0 spiro atoms. The Balaban J connectivity index is 1.06. The lowest BCUT2D eigenvalue weighted by molar-refractivity contribution is -0.132. The van der Waals surface area contributed by atoms with E-state index in [0.717, 1.165) is 92.7 Å². The van der Waals surface area contributed by atoms with Crippen LogP contribution in [0.15, 0.2) is 63.5 Å². The fourth-order valence-corrected chi connectivity index (χ4v) is 7.51. The van der Waals surface area contributed by atoms with Crippen LogP contribution >= 0.6 is 15.9 Å². The number of benzene rings is 2. The number of amides is 3. The molecular weight excluding hydrogens is 664 g/mol. The molecular formula is C36H45BrN4O6. The molecule has 47 heavy (non-hydrogen) atoms. The number of piperidine rings is 1. The average Bonchev–Trinajstić information content (AvgIpc) is 3.72. The highest BCUT2D eigenvalue weighted by atomic mass is 79.9. The van der Waals surface area contributed by atoms with E-state index in [2.05, 4.69) is 36.8 Å². The SMILES string of the molecule is O=C(NC1(C(=O)N[C@H](Cc2ccccc2)C(=O)NCC2CCN(CC3CCOCC3)CC2)CCCC1)Oc1cc2cc(Br)ccc2o1. The van der Waals surface area contributed by atoms with Crippen LogP contribution in [0.1, 0.15) is 56.9 Å². The number of carbonyl (C=O) groups is 3. The van der Waals surface area contributed by atoms with Crippen molar-refractivity contribution < 1.29 is 28.3 Å². The summed E-state index contributed by atoms with van der Waals surface area (Å²) in [5.74, 6) is 0.568. The smallest absolute Gasteiger partial charge is 0.415 e. The summed E-state index contributed by atoms with van der Waals surface area (Å²) in [6, 6.07) is 16.0. The molecule has 1 aromatic heterocycles. The van der Waals surface area contributed by atoms with E-state index in [4.69, 9.17) is 13.9 Å². The van der Waals surface area contributed by atoms with Gasteiger partial charge in [-0.3, -0.25) is 9.59 Å². The summed E-state index contributed by atoms with van der Waals surface area (Å²) in [7, 11) is 0. The van der Waals surface area contributed by atoms with Gasteiger partial charge in [-0.2, -0.15) is 0 Å². The van der Waals surface area contributed by atoms with Crippen LogP contribution in [-0.2, 0) is 20.7 Å². The molecule has 3 heterocycles. The number of halogens is 1. The molecule has 252 valence electrons. The number of likely N-dealkylation sites (tertiary alicyclic amines) is 1. The molecule has 3 fully saturated rings. The monoisotopic (exact) mass is 708 g/mol. The lowest BCUT2D eigenvalue weighted by atomic mass is 9.93. The van der Waals surface area contributed by atoms with Gasteiger partial charge >= 0.3 is 6.09 Å². The molecule has 3 aromatic rings. The second-order valence-corrected chi connectivity index (χ2v) is 14.2. The van der Waals surface area contributed by atoms with E-state index in [9.17, 15) is 14.4 Å². The molecule has 0 radical (unpaired) electrons. The molecule has 1 aliphatic carbocycles. The number of hydrogen-bond acceptors (Lipinski definition) is 7. The molecule has 6 rings (SSSR count). The summed E-state index contributed by atoms with van der Waals surface area (Å²) in [6.45, 7) is 5.53. The zero-order valence-electron chi connectivity index (χ0n) is 26.8. The van der Waals surface area contributed by atoms with E-state index in [1.807, 2.05) is 42.5 Å². The van der Waals surface area contributed by atoms with Gasteiger partial charge in [0.2, 0.25) is 11.8 Å². The average molecular weight is 710 g/mol. The molecule has 1 atom stereocenters. The summed E-state index contributed by atoms with van der Waals surface area (Å²) in [4.78, 5) is 43.2. The largest absolute Gasteiger partial charge is 0.425 e. The molecule has 1 saturated carbocycles. The van der Waals surface area contributed by atoms with Crippen molar-refractivity contribution >= 4 is 44.8 Å². The number of nitrogens with one attached hydrogen (secondary N) is 3. The highest BCUT2D eigenvalue weighted by Crippen LogP contribution is 2.32. The summed E-state index contributed by atoms with van der Waals surface area (Å²) >= 11 is 3.43. The van der Waals surface area contributed by atoms with Crippen LogP contribution < -0.4 is 20.7 Å². The van der Waals surface area contributed by atoms with E-state index in [0.29, 0.717) is 37.3 Å². The van der Waals surface area contributed by atoms with Crippen LogP contribution in [0.4, 0.5) is 4.79 Å². The van der Waals surface area contributed by atoms with Gasteiger partial charge in [-0.15, -0.1) is 0 Å². The number of hydrogen-bond donors (Lipinski definition) is 3. The number of furan rings is 1. The van der Waals surface area contributed by atoms with Crippen molar-refractivity contribution in [3.8, 4) is 5.95 Å². The van der Waals surface area contributed by atoms with Crippen LogP contribution in [0.5, 0.6) is 5.95 Å². The standard InChI is InChI=1S/C36H45BrN4O6/c37-29-8-9-31-28(21-29)22-32(46-31)47-35(44)40-36(14-4-5-15-36)34(43)39-30(20-25-6-2-1-3-7-25)33(42)38-23-26-10-16-41(17-11-26)24-27-12-18-45-19-13-27/h1-3,6-9,21-22,26-27,30H,4-5,10-20,23-24H2,(H,38,42)(H,39,43)(H,40,44)/t30-/m1/s1. The number of carbonyl (C=O) groups excluding carboxylic acids is 3. The normalized spacial score (nSPS) is 19.7. The van der Waals surface area contributed by atoms with Crippen LogP contribution in [-0.4, -0.2) is 73.8 Å². The van der Waals surface area contributed by atoms with Crippen LogP contribution in [0.3, 0.4) is 0 Å². The lowest BCUT2D eigenvalue weighted by Gasteiger charge is -2.35. The van der Waals surface area contributed by atoms with Gasteiger partial charge in [-0.05, 0) is 87.2 Å². The Morgan fingerprint density at radius 1 is 0.957 bits per heavy atom. The highest BCUT2D eigenvalue weighted by molar-refractivity contribution is 9.10. The molecule has 2 aliphatic heterocycles. The van der Waals surface area contributed by atoms with Crippen molar-refractivity contribution in [1.29, 1.82) is 0 Å². The van der Waals surface area contributed by atoms with Gasteiger partial charge in [-0.1, -0.05) is 59.1 Å². The molecule has 0 unspecified atom stereocenters. The van der Waals surface area contributed by atoms with Crippen molar-refractivity contribution in [2.24, 2.45) is 11.8 Å². The van der Waals surface area contributed by atoms with Crippen molar-refractivity contribution in [3.05, 3.63) is 64.6 Å². The molecule has 11 heteroatoms. The van der Waals surface area contributed by atoms with Crippen LogP contribution in [0.2, 0.25) is 0 Å². The maximum atomic E-state index is 13.9.